The minimum Gasteiger partial charge on any atom is -0.349 e. The molecule has 2 aromatic carbocycles. The molecule has 0 amide bonds. The highest BCUT2D eigenvalue weighted by molar-refractivity contribution is 9.10. The molecule has 0 aliphatic carbocycles. The number of nitrogens with zero attached hydrogens (tertiary/aromatic N) is 1. The average molecular weight is 361 g/mol. The van der Waals surface area contributed by atoms with Gasteiger partial charge in [0.15, 0.2) is 0 Å². The molecule has 8 heteroatoms. The summed E-state index contributed by atoms with van der Waals surface area (Å²) in [5, 5.41) is 13.7. The largest absolute Gasteiger partial charge is 0.416 e. The van der Waals surface area contributed by atoms with Crippen molar-refractivity contribution in [2.75, 3.05) is 5.32 Å². The first-order valence-corrected chi connectivity index (χ1v) is 6.45. The topological polar surface area (TPSA) is 55.2 Å². The van der Waals surface area contributed by atoms with Gasteiger partial charge in [0.05, 0.1) is 16.2 Å². The van der Waals surface area contributed by atoms with Gasteiger partial charge in [-0.1, -0.05) is 12.1 Å². The van der Waals surface area contributed by atoms with Crippen molar-refractivity contribution in [1.29, 1.82) is 0 Å². The fourth-order valence-electron chi connectivity index (χ4n) is 1.67. The summed E-state index contributed by atoms with van der Waals surface area (Å²) in [4.78, 5) is 10.1. The lowest BCUT2D eigenvalue weighted by Crippen LogP contribution is -2.06. The smallest absolute Gasteiger partial charge is 0.349 e. The zero-order valence-corrected chi connectivity index (χ0v) is 11.9. The highest BCUT2D eigenvalue weighted by atomic mass is 79.9. The molecule has 2 rings (SSSR count). The fraction of sp³-hybridized carbons (Fsp3) is 0.0769. The van der Waals surface area contributed by atoms with Gasteiger partial charge in [-0.2, -0.15) is 13.2 Å². The third-order valence-corrected chi connectivity index (χ3v) is 3.36. The molecule has 0 saturated heterocycles. The first-order valence-electron chi connectivity index (χ1n) is 5.66. The molecule has 0 aliphatic heterocycles. The number of nitro groups is 1. The quantitative estimate of drug-likeness (QED) is 0.610. The Balaban J connectivity index is 2.45. The van der Waals surface area contributed by atoms with Crippen LogP contribution in [-0.4, -0.2) is 4.92 Å². The van der Waals surface area contributed by atoms with Crippen molar-refractivity contribution in [3.05, 3.63) is 62.6 Å². The molecule has 0 saturated carbocycles. The second kappa shape index (κ2) is 5.72. The van der Waals surface area contributed by atoms with Crippen molar-refractivity contribution in [2.45, 2.75) is 6.18 Å². The van der Waals surface area contributed by atoms with Crippen LogP contribution < -0.4 is 5.32 Å². The molecule has 4 nitrogen and oxygen atoms in total. The first-order chi connectivity index (χ1) is 9.79. The summed E-state index contributed by atoms with van der Waals surface area (Å²) in [6, 6.07) is 9.15. The van der Waals surface area contributed by atoms with Gasteiger partial charge in [0.25, 0.3) is 5.69 Å². The Morgan fingerprint density at radius 1 is 1.10 bits per heavy atom. The second-order valence-corrected chi connectivity index (χ2v) is 4.95. The number of benzene rings is 2. The van der Waals surface area contributed by atoms with Gasteiger partial charge in [-0.3, -0.25) is 10.1 Å². The van der Waals surface area contributed by atoms with Crippen LogP contribution in [0.4, 0.5) is 30.2 Å². The van der Waals surface area contributed by atoms with Crippen molar-refractivity contribution in [2.24, 2.45) is 0 Å². The number of hydrogen-bond donors (Lipinski definition) is 1. The summed E-state index contributed by atoms with van der Waals surface area (Å²) in [7, 11) is 0. The summed E-state index contributed by atoms with van der Waals surface area (Å²) in [6.45, 7) is 0. The summed E-state index contributed by atoms with van der Waals surface area (Å²) >= 11 is 3.25. The molecule has 0 radical (unpaired) electrons. The molecule has 1 N–H and O–H groups in total. The van der Waals surface area contributed by atoms with E-state index in [0.717, 1.165) is 12.1 Å². The third kappa shape index (κ3) is 3.52. The lowest BCUT2D eigenvalue weighted by Gasteiger charge is -2.11. The molecule has 0 spiro atoms. The van der Waals surface area contributed by atoms with Gasteiger partial charge >= 0.3 is 6.18 Å². The predicted octanol–water partition coefficient (Wildman–Crippen LogP) is 5.12. The fourth-order valence-corrected chi connectivity index (χ4v) is 2.06. The maximum Gasteiger partial charge on any atom is 0.416 e. The Kier molecular flexibility index (Phi) is 4.17. The molecular formula is C13H8BrF3N2O2. The van der Waals surface area contributed by atoms with Crippen molar-refractivity contribution >= 4 is 33.0 Å². The van der Waals surface area contributed by atoms with Gasteiger partial charge in [0.2, 0.25) is 0 Å². The van der Waals surface area contributed by atoms with E-state index in [1.807, 2.05) is 0 Å². The monoisotopic (exact) mass is 360 g/mol. The summed E-state index contributed by atoms with van der Waals surface area (Å²) in [5.41, 5.74) is -1.20. The highest BCUT2D eigenvalue weighted by Crippen LogP contribution is 2.36. The molecule has 0 aliphatic rings. The Bertz CT molecular complexity index is 689. The second-order valence-electron chi connectivity index (χ2n) is 4.09. The molecule has 0 atom stereocenters. The zero-order chi connectivity index (χ0) is 15.6. The number of nitrogens with one attached hydrogen (secondary N) is 1. The van der Waals surface area contributed by atoms with Crippen LogP contribution in [0.2, 0.25) is 0 Å². The van der Waals surface area contributed by atoms with E-state index in [0.29, 0.717) is 16.2 Å². The summed E-state index contributed by atoms with van der Waals surface area (Å²) in [5.74, 6) is 0. The molecule has 0 heterocycles. The van der Waals surface area contributed by atoms with Gasteiger partial charge < -0.3 is 5.32 Å². The van der Waals surface area contributed by atoms with Crippen molar-refractivity contribution in [3.63, 3.8) is 0 Å². The maximum absolute atomic E-state index is 12.6. The van der Waals surface area contributed by atoms with Crippen molar-refractivity contribution in [3.8, 4) is 0 Å². The number of para-hydroxylation sites is 1. The van der Waals surface area contributed by atoms with Crippen LogP contribution in [0.3, 0.4) is 0 Å². The third-order valence-electron chi connectivity index (χ3n) is 2.66. The minimum atomic E-state index is -4.63. The zero-order valence-electron chi connectivity index (χ0n) is 10.3. The normalized spacial score (nSPS) is 11.2. The van der Waals surface area contributed by atoms with E-state index in [2.05, 4.69) is 21.2 Å². The van der Waals surface area contributed by atoms with Gasteiger partial charge in [-0.15, -0.1) is 0 Å². The molecule has 0 aromatic heterocycles. The molecule has 0 fully saturated rings. The van der Waals surface area contributed by atoms with E-state index >= 15 is 0 Å². The summed E-state index contributed by atoms with van der Waals surface area (Å²) in [6.07, 6.45) is -4.63. The molecular weight excluding hydrogens is 353 g/mol. The SMILES string of the molecule is O=[N+]([O-])c1cc(C(F)(F)F)ccc1Nc1ccccc1Br. The standard InChI is InChI=1S/C13H8BrF3N2O2/c14-9-3-1-2-4-10(9)18-11-6-5-8(13(15,16)17)7-12(11)19(20)21/h1-7,18H. The highest BCUT2D eigenvalue weighted by Gasteiger charge is 2.33. The molecule has 0 bridgehead atoms. The van der Waals surface area contributed by atoms with E-state index in [1.54, 1.807) is 24.3 Å². The van der Waals surface area contributed by atoms with Crippen LogP contribution in [0.5, 0.6) is 0 Å². The Hall–Kier alpha value is -2.09. The van der Waals surface area contributed by atoms with Gasteiger partial charge in [-0.25, -0.2) is 0 Å². The summed E-state index contributed by atoms with van der Waals surface area (Å²) < 4.78 is 38.4. The molecule has 2 aromatic rings. The molecule has 0 unspecified atom stereocenters. The van der Waals surface area contributed by atoms with Crippen LogP contribution >= 0.6 is 15.9 Å². The van der Waals surface area contributed by atoms with Gasteiger partial charge in [0.1, 0.15) is 5.69 Å². The van der Waals surface area contributed by atoms with Crippen LogP contribution in [-0.2, 0) is 6.18 Å². The van der Waals surface area contributed by atoms with E-state index in [1.165, 1.54) is 0 Å². The Morgan fingerprint density at radius 3 is 2.33 bits per heavy atom. The van der Waals surface area contributed by atoms with E-state index in [-0.39, 0.29) is 5.69 Å². The maximum atomic E-state index is 12.6. The molecule has 21 heavy (non-hydrogen) atoms. The van der Waals surface area contributed by atoms with Crippen LogP contribution in [0.1, 0.15) is 5.56 Å². The number of nitro benzene ring substituents is 1. The van der Waals surface area contributed by atoms with E-state index < -0.39 is 22.4 Å². The lowest BCUT2D eigenvalue weighted by atomic mass is 10.1. The Morgan fingerprint density at radius 2 is 1.76 bits per heavy atom. The van der Waals surface area contributed by atoms with Crippen LogP contribution in [0, 0.1) is 10.1 Å². The Labute approximate surface area is 125 Å². The first kappa shape index (κ1) is 15.3. The van der Waals surface area contributed by atoms with Crippen molar-refractivity contribution in [1.82, 2.24) is 0 Å². The average Bonchev–Trinajstić information content (AvgIpc) is 2.40. The van der Waals surface area contributed by atoms with Crippen LogP contribution in [0.25, 0.3) is 0 Å². The minimum absolute atomic E-state index is 0.0140. The lowest BCUT2D eigenvalue weighted by molar-refractivity contribution is -0.384. The number of alkyl halides is 3. The number of rotatable bonds is 3. The van der Waals surface area contributed by atoms with Gasteiger partial charge in [0, 0.05) is 10.5 Å². The molecule has 110 valence electrons. The van der Waals surface area contributed by atoms with E-state index in [4.69, 9.17) is 0 Å². The number of hydrogen-bond acceptors (Lipinski definition) is 3. The number of halogens is 4. The van der Waals surface area contributed by atoms with Crippen LogP contribution in [0.15, 0.2) is 46.9 Å². The van der Waals surface area contributed by atoms with E-state index in [9.17, 15) is 23.3 Å². The number of anilines is 2. The van der Waals surface area contributed by atoms with Crippen molar-refractivity contribution < 1.29 is 18.1 Å². The predicted molar refractivity (Wildman–Crippen MR) is 75.5 cm³/mol. The van der Waals surface area contributed by atoms with Gasteiger partial charge in [-0.05, 0) is 40.2 Å².